The molecule has 1 N–H and O–H groups in total. The van der Waals surface area contributed by atoms with Gasteiger partial charge in [0.25, 0.3) is 0 Å². The smallest absolute Gasteiger partial charge is 0.313 e. The Morgan fingerprint density at radius 1 is 1.43 bits per heavy atom. The van der Waals surface area contributed by atoms with Crippen LogP contribution in [0.2, 0.25) is 0 Å². The Labute approximate surface area is 91.5 Å². The van der Waals surface area contributed by atoms with Crippen molar-refractivity contribution in [1.82, 2.24) is 0 Å². The van der Waals surface area contributed by atoms with E-state index in [1.54, 1.807) is 0 Å². The second-order valence-electron chi connectivity index (χ2n) is 5.10. The second kappa shape index (κ2) is 6.33. The molecule has 0 aromatic carbocycles. The molecule has 0 aliphatic rings. The van der Waals surface area contributed by atoms with E-state index in [2.05, 4.69) is 27.7 Å². The SMILES string of the molecule is CC(CCSCC(=O)O)CC(C)(C)C. The molecule has 0 aromatic rings. The van der Waals surface area contributed by atoms with E-state index < -0.39 is 5.97 Å². The summed E-state index contributed by atoms with van der Waals surface area (Å²) >= 11 is 1.52. The third kappa shape index (κ3) is 9.90. The number of carbonyl (C=O) groups is 1. The molecule has 0 aromatic heterocycles. The zero-order valence-electron chi connectivity index (χ0n) is 9.67. The van der Waals surface area contributed by atoms with Crippen LogP contribution in [-0.4, -0.2) is 22.6 Å². The van der Waals surface area contributed by atoms with Gasteiger partial charge in [-0.15, -0.1) is 0 Å². The molecule has 14 heavy (non-hydrogen) atoms. The lowest BCUT2D eigenvalue weighted by Gasteiger charge is -2.22. The predicted octanol–water partition coefficient (Wildman–Crippen LogP) is 3.27. The van der Waals surface area contributed by atoms with Crippen molar-refractivity contribution in [2.45, 2.75) is 40.5 Å². The van der Waals surface area contributed by atoms with Crippen LogP contribution in [0.15, 0.2) is 0 Å². The van der Waals surface area contributed by atoms with E-state index >= 15 is 0 Å². The molecular weight excluding hydrogens is 196 g/mol. The van der Waals surface area contributed by atoms with E-state index in [0.717, 1.165) is 12.2 Å². The van der Waals surface area contributed by atoms with Crippen molar-refractivity contribution in [2.75, 3.05) is 11.5 Å². The van der Waals surface area contributed by atoms with Gasteiger partial charge in [-0.1, -0.05) is 27.7 Å². The fourth-order valence-electron chi connectivity index (χ4n) is 1.59. The van der Waals surface area contributed by atoms with Crippen molar-refractivity contribution in [3.63, 3.8) is 0 Å². The van der Waals surface area contributed by atoms with Gasteiger partial charge in [0.2, 0.25) is 0 Å². The number of carboxylic acid groups (broad SMARTS) is 1. The van der Waals surface area contributed by atoms with E-state index in [1.165, 1.54) is 18.2 Å². The van der Waals surface area contributed by atoms with Gasteiger partial charge in [-0.05, 0) is 29.9 Å². The first-order valence-corrected chi connectivity index (χ1v) is 6.26. The van der Waals surface area contributed by atoms with Crippen LogP contribution in [0, 0.1) is 11.3 Å². The number of hydrogen-bond acceptors (Lipinski definition) is 2. The summed E-state index contributed by atoms with van der Waals surface area (Å²) in [5.41, 5.74) is 0.386. The molecular formula is C11H22O2S. The topological polar surface area (TPSA) is 37.3 Å². The molecule has 0 rings (SSSR count). The highest BCUT2D eigenvalue weighted by Crippen LogP contribution is 2.26. The van der Waals surface area contributed by atoms with Crippen molar-refractivity contribution < 1.29 is 9.90 Å². The maximum absolute atomic E-state index is 10.3. The molecule has 2 nitrogen and oxygen atoms in total. The minimum atomic E-state index is -0.710. The molecule has 0 heterocycles. The van der Waals surface area contributed by atoms with Crippen LogP contribution in [0.5, 0.6) is 0 Å². The molecule has 0 fully saturated rings. The zero-order valence-corrected chi connectivity index (χ0v) is 10.5. The summed E-state index contributed by atoms with van der Waals surface area (Å²) in [7, 11) is 0. The third-order valence-corrected chi connectivity index (χ3v) is 2.92. The first-order chi connectivity index (χ1) is 6.31. The van der Waals surface area contributed by atoms with Crippen molar-refractivity contribution in [2.24, 2.45) is 11.3 Å². The Kier molecular flexibility index (Phi) is 6.25. The molecule has 0 radical (unpaired) electrons. The third-order valence-electron chi connectivity index (χ3n) is 1.94. The average molecular weight is 218 g/mol. The van der Waals surface area contributed by atoms with E-state index in [9.17, 15) is 4.79 Å². The Balaban J connectivity index is 3.45. The highest BCUT2D eigenvalue weighted by atomic mass is 32.2. The molecule has 0 aliphatic carbocycles. The molecule has 0 saturated carbocycles. The van der Waals surface area contributed by atoms with Gasteiger partial charge in [0, 0.05) is 0 Å². The number of hydrogen-bond donors (Lipinski definition) is 1. The number of thioether (sulfide) groups is 1. The Bertz CT molecular complexity index is 173. The zero-order chi connectivity index (χ0) is 11.2. The molecule has 0 saturated heterocycles. The Morgan fingerprint density at radius 3 is 2.43 bits per heavy atom. The van der Waals surface area contributed by atoms with Gasteiger partial charge >= 0.3 is 5.97 Å². The molecule has 0 amide bonds. The molecule has 3 heteroatoms. The summed E-state index contributed by atoms with van der Waals surface area (Å²) in [6.07, 6.45) is 2.33. The maximum atomic E-state index is 10.3. The molecule has 84 valence electrons. The van der Waals surface area contributed by atoms with Crippen molar-refractivity contribution in [3.8, 4) is 0 Å². The van der Waals surface area contributed by atoms with Crippen molar-refractivity contribution >= 4 is 17.7 Å². The van der Waals surface area contributed by atoms with Gasteiger partial charge in [-0.2, -0.15) is 11.8 Å². The highest BCUT2D eigenvalue weighted by Gasteiger charge is 2.14. The van der Waals surface area contributed by atoms with Crippen LogP contribution in [0.4, 0.5) is 0 Å². The number of aliphatic carboxylic acids is 1. The number of rotatable bonds is 6. The van der Waals surface area contributed by atoms with Gasteiger partial charge < -0.3 is 5.11 Å². The van der Waals surface area contributed by atoms with Gasteiger partial charge in [0.05, 0.1) is 5.75 Å². The summed E-state index contributed by atoms with van der Waals surface area (Å²) in [5, 5.41) is 8.44. The van der Waals surface area contributed by atoms with Crippen molar-refractivity contribution in [1.29, 1.82) is 0 Å². The first kappa shape index (κ1) is 13.8. The van der Waals surface area contributed by atoms with Crippen LogP contribution < -0.4 is 0 Å². The van der Waals surface area contributed by atoms with Gasteiger partial charge in [-0.3, -0.25) is 4.79 Å². The van der Waals surface area contributed by atoms with Gasteiger partial charge in [0.1, 0.15) is 0 Å². The lowest BCUT2D eigenvalue weighted by molar-refractivity contribution is -0.133. The van der Waals surface area contributed by atoms with Gasteiger partial charge in [-0.25, -0.2) is 0 Å². The summed E-state index contributed by atoms with van der Waals surface area (Å²) in [6.45, 7) is 8.97. The maximum Gasteiger partial charge on any atom is 0.313 e. The van der Waals surface area contributed by atoms with E-state index in [0.29, 0.717) is 11.3 Å². The lowest BCUT2D eigenvalue weighted by Crippen LogP contribution is -2.11. The lowest BCUT2D eigenvalue weighted by atomic mass is 9.84. The molecule has 0 aliphatic heterocycles. The molecule has 1 atom stereocenters. The summed E-state index contributed by atoms with van der Waals surface area (Å²) < 4.78 is 0. The van der Waals surface area contributed by atoms with Crippen LogP contribution in [0.25, 0.3) is 0 Å². The fraction of sp³-hybridized carbons (Fsp3) is 0.909. The first-order valence-electron chi connectivity index (χ1n) is 5.11. The van der Waals surface area contributed by atoms with Crippen LogP contribution in [0.3, 0.4) is 0 Å². The van der Waals surface area contributed by atoms with Crippen LogP contribution in [0.1, 0.15) is 40.5 Å². The van der Waals surface area contributed by atoms with E-state index in [1.807, 2.05) is 0 Å². The fourth-order valence-corrected chi connectivity index (χ4v) is 2.48. The van der Waals surface area contributed by atoms with Crippen LogP contribution in [-0.2, 0) is 4.79 Å². The summed E-state index contributed by atoms with van der Waals surface area (Å²) in [5.74, 6) is 1.18. The quantitative estimate of drug-likeness (QED) is 0.695. The minimum Gasteiger partial charge on any atom is -0.481 e. The monoisotopic (exact) mass is 218 g/mol. The van der Waals surface area contributed by atoms with E-state index in [-0.39, 0.29) is 5.75 Å². The van der Waals surface area contributed by atoms with Crippen LogP contribution >= 0.6 is 11.8 Å². The minimum absolute atomic E-state index is 0.238. The number of carboxylic acids is 1. The highest BCUT2D eigenvalue weighted by molar-refractivity contribution is 7.99. The van der Waals surface area contributed by atoms with E-state index in [4.69, 9.17) is 5.11 Å². The average Bonchev–Trinajstić information content (AvgIpc) is 1.94. The van der Waals surface area contributed by atoms with Gasteiger partial charge in [0.15, 0.2) is 0 Å². The largest absolute Gasteiger partial charge is 0.481 e. The molecule has 1 unspecified atom stereocenters. The normalized spacial score (nSPS) is 14.0. The second-order valence-corrected chi connectivity index (χ2v) is 6.21. The molecule has 0 bridgehead atoms. The standard InChI is InChI=1S/C11H22O2S/c1-9(7-11(2,3)4)5-6-14-8-10(12)13/h9H,5-8H2,1-4H3,(H,12,13). The Morgan fingerprint density at radius 2 is 2.00 bits per heavy atom. The summed E-state index contributed by atoms with van der Waals surface area (Å²) in [4.78, 5) is 10.3. The molecule has 0 spiro atoms. The Hall–Kier alpha value is -0.180. The van der Waals surface area contributed by atoms with Crippen molar-refractivity contribution in [3.05, 3.63) is 0 Å². The predicted molar refractivity (Wildman–Crippen MR) is 62.8 cm³/mol. The summed E-state index contributed by atoms with van der Waals surface area (Å²) in [6, 6.07) is 0.